The van der Waals surface area contributed by atoms with E-state index < -0.39 is 5.60 Å². The van der Waals surface area contributed by atoms with Gasteiger partial charge in [0.1, 0.15) is 11.4 Å². The lowest BCUT2D eigenvalue weighted by molar-refractivity contribution is 0.0584. The number of hydrogen-bond donors (Lipinski definition) is 0. The van der Waals surface area contributed by atoms with Gasteiger partial charge in [0, 0.05) is 24.0 Å². The number of ether oxygens (including phenoxy) is 1. The molecule has 2 aromatic heterocycles. The van der Waals surface area contributed by atoms with E-state index in [-0.39, 0.29) is 6.09 Å². The van der Waals surface area contributed by atoms with Crippen molar-refractivity contribution in [3.8, 4) is 11.3 Å². The van der Waals surface area contributed by atoms with Crippen LogP contribution >= 0.6 is 0 Å². The van der Waals surface area contributed by atoms with Gasteiger partial charge in [-0.1, -0.05) is 0 Å². The summed E-state index contributed by atoms with van der Waals surface area (Å²) in [6.07, 6.45) is 3.12. The number of carbonyl (C=O) groups excluding carboxylic acids is 1. The third kappa shape index (κ3) is 2.74. The average Bonchev–Trinajstić information content (AvgIpc) is 2.96. The minimum atomic E-state index is -0.502. The van der Waals surface area contributed by atoms with Crippen LogP contribution in [-0.4, -0.2) is 33.0 Å². The predicted octanol–water partition coefficient (Wildman–Crippen LogP) is 2.70. The van der Waals surface area contributed by atoms with Crippen LogP contribution in [0, 0.1) is 0 Å². The molecule has 0 atom stereocenters. The number of amides is 1. The van der Waals surface area contributed by atoms with E-state index in [4.69, 9.17) is 4.74 Å². The SMILES string of the molecule is CC(C)(C)OC(=O)N1CCn2nc(-c3ccncc3)cc21. The van der Waals surface area contributed by atoms with Crippen LogP contribution in [0.1, 0.15) is 20.8 Å². The molecule has 0 aliphatic carbocycles. The van der Waals surface area contributed by atoms with Gasteiger partial charge in [-0.2, -0.15) is 5.10 Å². The highest BCUT2D eigenvalue weighted by Gasteiger charge is 2.30. The van der Waals surface area contributed by atoms with Crippen molar-refractivity contribution < 1.29 is 9.53 Å². The smallest absolute Gasteiger partial charge is 0.416 e. The van der Waals surface area contributed by atoms with Crippen LogP contribution in [0.4, 0.5) is 10.6 Å². The van der Waals surface area contributed by atoms with Crippen molar-refractivity contribution >= 4 is 11.9 Å². The molecule has 0 saturated heterocycles. The Hall–Kier alpha value is -2.37. The summed E-state index contributed by atoms with van der Waals surface area (Å²) in [5.74, 6) is 0.774. The third-order valence-corrected chi connectivity index (χ3v) is 3.16. The van der Waals surface area contributed by atoms with E-state index in [2.05, 4.69) is 10.1 Å². The van der Waals surface area contributed by atoms with Gasteiger partial charge in [-0.05, 0) is 32.9 Å². The first-order chi connectivity index (χ1) is 9.94. The van der Waals surface area contributed by atoms with Crippen molar-refractivity contribution in [3.05, 3.63) is 30.6 Å². The summed E-state index contributed by atoms with van der Waals surface area (Å²) in [6, 6.07) is 5.71. The van der Waals surface area contributed by atoms with Gasteiger partial charge in [0.05, 0.1) is 18.8 Å². The minimum Gasteiger partial charge on any atom is -0.443 e. The van der Waals surface area contributed by atoms with Crippen molar-refractivity contribution in [2.45, 2.75) is 32.9 Å². The molecular weight excluding hydrogens is 268 g/mol. The number of aromatic nitrogens is 3. The standard InChI is InChI=1S/C15H18N4O2/c1-15(2,3)21-14(20)18-8-9-19-13(18)10-12(17-19)11-4-6-16-7-5-11/h4-7,10H,8-9H2,1-3H3. The molecule has 0 radical (unpaired) electrons. The highest BCUT2D eigenvalue weighted by molar-refractivity contribution is 5.88. The first-order valence-corrected chi connectivity index (χ1v) is 6.93. The maximum atomic E-state index is 12.2. The molecule has 0 N–H and O–H groups in total. The summed E-state index contributed by atoms with van der Waals surface area (Å²) < 4.78 is 7.26. The molecule has 6 heteroatoms. The van der Waals surface area contributed by atoms with Crippen molar-refractivity contribution in [1.82, 2.24) is 14.8 Å². The molecule has 1 aliphatic rings. The van der Waals surface area contributed by atoms with Crippen LogP contribution in [-0.2, 0) is 11.3 Å². The van der Waals surface area contributed by atoms with E-state index in [0.717, 1.165) is 17.1 Å². The van der Waals surface area contributed by atoms with Crippen molar-refractivity contribution in [3.63, 3.8) is 0 Å². The second-order valence-electron chi connectivity index (χ2n) is 5.98. The normalized spacial score (nSPS) is 14.1. The highest BCUT2D eigenvalue weighted by Crippen LogP contribution is 2.28. The Labute approximate surface area is 123 Å². The Morgan fingerprint density at radius 1 is 1.24 bits per heavy atom. The van der Waals surface area contributed by atoms with Crippen molar-refractivity contribution in [2.75, 3.05) is 11.4 Å². The first kappa shape index (κ1) is 13.6. The molecule has 6 nitrogen and oxygen atoms in total. The van der Waals surface area contributed by atoms with Gasteiger partial charge in [-0.15, -0.1) is 0 Å². The van der Waals surface area contributed by atoms with Crippen LogP contribution in [0.2, 0.25) is 0 Å². The second kappa shape index (κ2) is 4.87. The van der Waals surface area contributed by atoms with E-state index in [1.54, 1.807) is 17.3 Å². The Balaban J connectivity index is 1.86. The van der Waals surface area contributed by atoms with E-state index in [1.807, 2.05) is 43.7 Å². The van der Waals surface area contributed by atoms with Gasteiger partial charge in [-0.3, -0.25) is 9.88 Å². The maximum absolute atomic E-state index is 12.2. The zero-order valence-electron chi connectivity index (χ0n) is 12.4. The topological polar surface area (TPSA) is 60.2 Å². The summed E-state index contributed by atoms with van der Waals surface area (Å²) >= 11 is 0. The van der Waals surface area contributed by atoms with Gasteiger partial charge in [0.15, 0.2) is 0 Å². The Morgan fingerprint density at radius 3 is 2.62 bits per heavy atom. The summed E-state index contributed by atoms with van der Waals surface area (Å²) in [7, 11) is 0. The molecule has 1 amide bonds. The third-order valence-electron chi connectivity index (χ3n) is 3.16. The highest BCUT2D eigenvalue weighted by atomic mass is 16.6. The molecule has 0 aromatic carbocycles. The Morgan fingerprint density at radius 2 is 1.95 bits per heavy atom. The summed E-state index contributed by atoms with van der Waals surface area (Å²) in [5, 5.41) is 4.53. The monoisotopic (exact) mass is 286 g/mol. The fourth-order valence-corrected chi connectivity index (χ4v) is 2.26. The van der Waals surface area contributed by atoms with E-state index in [9.17, 15) is 4.79 Å². The zero-order valence-corrected chi connectivity index (χ0v) is 12.4. The predicted molar refractivity (Wildman–Crippen MR) is 79.0 cm³/mol. The van der Waals surface area contributed by atoms with Gasteiger partial charge in [0.25, 0.3) is 0 Å². The number of anilines is 1. The fraction of sp³-hybridized carbons (Fsp3) is 0.400. The number of pyridine rings is 1. The molecule has 110 valence electrons. The fourth-order valence-electron chi connectivity index (χ4n) is 2.26. The first-order valence-electron chi connectivity index (χ1n) is 6.93. The Bertz CT molecular complexity index is 658. The van der Waals surface area contributed by atoms with E-state index in [0.29, 0.717) is 13.1 Å². The summed E-state index contributed by atoms with van der Waals surface area (Å²) in [4.78, 5) is 17.8. The largest absolute Gasteiger partial charge is 0.443 e. The van der Waals surface area contributed by atoms with Gasteiger partial charge in [-0.25, -0.2) is 9.48 Å². The second-order valence-corrected chi connectivity index (χ2v) is 5.98. The number of rotatable bonds is 1. The van der Waals surface area contributed by atoms with Crippen LogP contribution in [0.3, 0.4) is 0 Å². The quantitative estimate of drug-likeness (QED) is 0.808. The molecule has 0 bridgehead atoms. The molecule has 3 rings (SSSR count). The molecule has 2 aromatic rings. The lowest BCUT2D eigenvalue weighted by atomic mass is 10.2. The van der Waals surface area contributed by atoms with Crippen LogP contribution in [0.15, 0.2) is 30.6 Å². The molecule has 0 saturated carbocycles. The number of nitrogens with zero attached hydrogens (tertiary/aromatic N) is 4. The molecule has 21 heavy (non-hydrogen) atoms. The number of hydrogen-bond acceptors (Lipinski definition) is 4. The summed E-state index contributed by atoms with van der Waals surface area (Å²) in [6.45, 7) is 6.86. The van der Waals surface area contributed by atoms with Crippen LogP contribution in [0.5, 0.6) is 0 Å². The Kier molecular flexibility index (Phi) is 3.16. The zero-order chi connectivity index (χ0) is 15.0. The molecular formula is C15H18N4O2. The van der Waals surface area contributed by atoms with Crippen LogP contribution < -0.4 is 4.90 Å². The number of carbonyl (C=O) groups is 1. The molecule has 3 heterocycles. The van der Waals surface area contributed by atoms with Crippen molar-refractivity contribution in [2.24, 2.45) is 0 Å². The minimum absolute atomic E-state index is 0.331. The van der Waals surface area contributed by atoms with Gasteiger partial charge in [0.2, 0.25) is 0 Å². The molecule has 0 spiro atoms. The lowest BCUT2D eigenvalue weighted by Crippen LogP contribution is -2.35. The molecule has 1 aliphatic heterocycles. The molecule has 0 fully saturated rings. The average molecular weight is 286 g/mol. The van der Waals surface area contributed by atoms with Crippen LogP contribution in [0.25, 0.3) is 11.3 Å². The maximum Gasteiger partial charge on any atom is 0.416 e. The lowest BCUT2D eigenvalue weighted by Gasteiger charge is -2.23. The number of fused-ring (bicyclic) bond motifs is 1. The van der Waals surface area contributed by atoms with E-state index in [1.165, 1.54) is 0 Å². The van der Waals surface area contributed by atoms with E-state index >= 15 is 0 Å². The van der Waals surface area contributed by atoms with Gasteiger partial charge < -0.3 is 4.74 Å². The van der Waals surface area contributed by atoms with Gasteiger partial charge >= 0.3 is 6.09 Å². The summed E-state index contributed by atoms with van der Waals surface area (Å²) in [5.41, 5.74) is 1.31. The molecule has 0 unspecified atom stereocenters. The van der Waals surface area contributed by atoms with Crippen molar-refractivity contribution in [1.29, 1.82) is 0 Å².